The number of halogens is 3. The van der Waals surface area contributed by atoms with Crippen molar-refractivity contribution in [2.75, 3.05) is 12.4 Å². The summed E-state index contributed by atoms with van der Waals surface area (Å²) in [7, 11) is 1.57. The second kappa shape index (κ2) is 6.22. The second-order valence-electron chi connectivity index (χ2n) is 4.39. The van der Waals surface area contributed by atoms with Crippen molar-refractivity contribution in [2.45, 2.75) is 13.5 Å². The van der Waals surface area contributed by atoms with E-state index < -0.39 is 11.6 Å². The van der Waals surface area contributed by atoms with Gasteiger partial charge >= 0.3 is 0 Å². The summed E-state index contributed by atoms with van der Waals surface area (Å²) in [5.74, 6) is -0.221. The Bertz CT molecular complexity index is 632. The van der Waals surface area contributed by atoms with Crippen molar-refractivity contribution >= 4 is 21.6 Å². The molecule has 1 N–H and O–H groups in total. The molecule has 0 unspecified atom stereocenters. The molecule has 106 valence electrons. The Morgan fingerprint density at radius 3 is 2.60 bits per heavy atom. The standard InChI is InChI=1S/C15H14BrF2NO/c1-9-5-13(18)14(7-12(9)17)19-8-10-6-11(16)3-4-15(10)20-2/h3-7,19H,8H2,1-2H3. The van der Waals surface area contributed by atoms with Gasteiger partial charge in [-0.1, -0.05) is 15.9 Å². The van der Waals surface area contributed by atoms with Crippen molar-refractivity contribution < 1.29 is 13.5 Å². The molecule has 2 nitrogen and oxygen atoms in total. The van der Waals surface area contributed by atoms with Crippen LogP contribution in [0.3, 0.4) is 0 Å². The molecule has 0 aliphatic heterocycles. The zero-order valence-corrected chi connectivity index (χ0v) is 12.7. The number of anilines is 1. The van der Waals surface area contributed by atoms with Crippen LogP contribution in [-0.4, -0.2) is 7.11 Å². The molecule has 0 heterocycles. The third-order valence-corrected chi connectivity index (χ3v) is 3.45. The van der Waals surface area contributed by atoms with E-state index in [1.54, 1.807) is 7.11 Å². The summed E-state index contributed by atoms with van der Waals surface area (Å²) in [6, 6.07) is 7.88. The Hall–Kier alpha value is -1.62. The minimum atomic E-state index is -0.474. The molecule has 0 aliphatic carbocycles. The van der Waals surface area contributed by atoms with Crippen LogP contribution in [0.2, 0.25) is 0 Å². The van der Waals surface area contributed by atoms with Gasteiger partial charge in [0, 0.05) is 22.6 Å². The smallest absolute Gasteiger partial charge is 0.146 e. The molecule has 2 aromatic rings. The SMILES string of the molecule is COc1ccc(Br)cc1CNc1cc(F)c(C)cc1F. The third-order valence-electron chi connectivity index (χ3n) is 2.96. The Balaban J connectivity index is 2.21. The van der Waals surface area contributed by atoms with Gasteiger partial charge in [0.05, 0.1) is 12.8 Å². The van der Waals surface area contributed by atoms with E-state index in [-0.39, 0.29) is 11.3 Å². The highest BCUT2D eigenvalue weighted by Gasteiger charge is 2.09. The number of nitrogens with one attached hydrogen (secondary N) is 1. The van der Waals surface area contributed by atoms with E-state index in [0.29, 0.717) is 12.3 Å². The summed E-state index contributed by atoms with van der Waals surface area (Å²) >= 11 is 3.37. The fourth-order valence-electron chi connectivity index (χ4n) is 1.86. The molecule has 2 rings (SSSR count). The molecule has 0 amide bonds. The quantitative estimate of drug-likeness (QED) is 0.873. The minimum absolute atomic E-state index is 0.134. The van der Waals surface area contributed by atoms with Crippen LogP contribution in [0.25, 0.3) is 0 Å². The van der Waals surface area contributed by atoms with Gasteiger partial charge in [0.1, 0.15) is 17.4 Å². The van der Waals surface area contributed by atoms with E-state index >= 15 is 0 Å². The first-order valence-electron chi connectivity index (χ1n) is 6.03. The molecule has 0 bridgehead atoms. The Kier molecular flexibility index (Phi) is 4.60. The highest BCUT2D eigenvalue weighted by atomic mass is 79.9. The lowest BCUT2D eigenvalue weighted by molar-refractivity contribution is 0.410. The van der Waals surface area contributed by atoms with E-state index in [0.717, 1.165) is 16.1 Å². The molecule has 0 atom stereocenters. The summed E-state index contributed by atoms with van der Waals surface area (Å²) in [4.78, 5) is 0. The highest BCUT2D eigenvalue weighted by molar-refractivity contribution is 9.10. The van der Waals surface area contributed by atoms with Crippen LogP contribution in [0.15, 0.2) is 34.8 Å². The number of hydrogen-bond donors (Lipinski definition) is 1. The molecule has 0 saturated carbocycles. The molecule has 0 radical (unpaired) electrons. The molecule has 0 aliphatic rings. The van der Waals surface area contributed by atoms with E-state index in [1.165, 1.54) is 13.0 Å². The van der Waals surface area contributed by atoms with E-state index in [2.05, 4.69) is 21.2 Å². The van der Waals surface area contributed by atoms with E-state index in [9.17, 15) is 8.78 Å². The average molecular weight is 342 g/mol. The van der Waals surface area contributed by atoms with Gasteiger partial charge in [0.15, 0.2) is 0 Å². The summed E-state index contributed by atoms with van der Waals surface area (Å²) in [6.45, 7) is 1.86. The number of aryl methyl sites for hydroxylation is 1. The maximum absolute atomic E-state index is 13.7. The first-order chi connectivity index (χ1) is 9.51. The second-order valence-corrected chi connectivity index (χ2v) is 5.31. The third kappa shape index (κ3) is 3.28. The lowest BCUT2D eigenvalue weighted by Crippen LogP contribution is -2.04. The van der Waals surface area contributed by atoms with Crippen LogP contribution in [0, 0.1) is 18.6 Å². The molecule has 0 spiro atoms. The molecular formula is C15H14BrF2NO. The van der Waals surface area contributed by atoms with Crippen LogP contribution < -0.4 is 10.1 Å². The van der Waals surface area contributed by atoms with Gasteiger partial charge in [-0.15, -0.1) is 0 Å². The molecular weight excluding hydrogens is 328 g/mol. The zero-order chi connectivity index (χ0) is 14.7. The number of hydrogen-bond acceptors (Lipinski definition) is 2. The lowest BCUT2D eigenvalue weighted by atomic mass is 10.1. The summed E-state index contributed by atoms with van der Waals surface area (Å²) < 4.78 is 33.3. The van der Waals surface area contributed by atoms with Gasteiger partial charge in [-0.25, -0.2) is 8.78 Å². The normalized spacial score (nSPS) is 10.4. The highest BCUT2D eigenvalue weighted by Crippen LogP contribution is 2.25. The number of ether oxygens (including phenoxy) is 1. The largest absolute Gasteiger partial charge is 0.496 e. The number of rotatable bonds is 4. The van der Waals surface area contributed by atoms with E-state index in [1.807, 2.05) is 18.2 Å². The Morgan fingerprint density at radius 2 is 1.90 bits per heavy atom. The average Bonchev–Trinajstić information content (AvgIpc) is 2.41. The predicted octanol–water partition coefficient (Wildman–Crippen LogP) is 4.66. The molecule has 0 aromatic heterocycles. The van der Waals surface area contributed by atoms with Crippen molar-refractivity contribution in [1.29, 1.82) is 0 Å². The van der Waals surface area contributed by atoms with Crippen LogP contribution in [0.5, 0.6) is 5.75 Å². The predicted molar refractivity (Wildman–Crippen MR) is 79.1 cm³/mol. The zero-order valence-electron chi connectivity index (χ0n) is 11.1. The van der Waals surface area contributed by atoms with Gasteiger partial charge in [-0.2, -0.15) is 0 Å². The van der Waals surface area contributed by atoms with Crippen molar-refractivity contribution in [3.05, 3.63) is 57.6 Å². The van der Waals surface area contributed by atoms with Crippen molar-refractivity contribution in [3.8, 4) is 5.75 Å². The number of benzene rings is 2. The van der Waals surface area contributed by atoms with Crippen molar-refractivity contribution in [1.82, 2.24) is 0 Å². The summed E-state index contributed by atoms with van der Waals surface area (Å²) in [5.41, 5.74) is 1.27. The van der Waals surface area contributed by atoms with Gasteiger partial charge in [0.2, 0.25) is 0 Å². The minimum Gasteiger partial charge on any atom is -0.496 e. The van der Waals surface area contributed by atoms with Crippen LogP contribution >= 0.6 is 15.9 Å². The summed E-state index contributed by atoms with van der Waals surface area (Å²) in [5, 5.41) is 2.88. The monoisotopic (exact) mass is 341 g/mol. The summed E-state index contributed by atoms with van der Waals surface area (Å²) in [6.07, 6.45) is 0. The first kappa shape index (κ1) is 14.8. The lowest BCUT2D eigenvalue weighted by Gasteiger charge is -2.12. The van der Waals surface area contributed by atoms with Crippen molar-refractivity contribution in [2.24, 2.45) is 0 Å². The van der Waals surface area contributed by atoms with Gasteiger partial charge in [-0.05, 0) is 36.8 Å². The fourth-order valence-corrected chi connectivity index (χ4v) is 2.27. The van der Waals surface area contributed by atoms with Crippen molar-refractivity contribution in [3.63, 3.8) is 0 Å². The molecule has 2 aromatic carbocycles. The topological polar surface area (TPSA) is 21.3 Å². The fraction of sp³-hybridized carbons (Fsp3) is 0.200. The van der Waals surface area contributed by atoms with Crippen LogP contribution in [0.4, 0.5) is 14.5 Å². The molecule has 0 fully saturated rings. The Labute approximate surface area is 124 Å². The maximum Gasteiger partial charge on any atom is 0.146 e. The van der Waals surface area contributed by atoms with Gasteiger partial charge in [-0.3, -0.25) is 0 Å². The Morgan fingerprint density at radius 1 is 1.15 bits per heavy atom. The molecule has 0 saturated heterocycles. The number of methoxy groups -OCH3 is 1. The van der Waals surface area contributed by atoms with E-state index in [4.69, 9.17) is 4.74 Å². The molecule has 5 heteroatoms. The first-order valence-corrected chi connectivity index (χ1v) is 6.82. The van der Waals surface area contributed by atoms with Crippen LogP contribution in [-0.2, 0) is 6.54 Å². The van der Waals surface area contributed by atoms with Gasteiger partial charge < -0.3 is 10.1 Å². The maximum atomic E-state index is 13.7. The molecule has 20 heavy (non-hydrogen) atoms. The van der Waals surface area contributed by atoms with Crippen LogP contribution in [0.1, 0.15) is 11.1 Å². The van der Waals surface area contributed by atoms with Gasteiger partial charge in [0.25, 0.3) is 0 Å².